The lowest BCUT2D eigenvalue weighted by molar-refractivity contribution is -0.140. The average Bonchev–Trinajstić information content (AvgIpc) is 2.54. The zero-order valence-electron chi connectivity index (χ0n) is 13.8. The third-order valence-electron chi connectivity index (χ3n) is 4.34. The van der Waals surface area contributed by atoms with Crippen molar-refractivity contribution in [2.24, 2.45) is 0 Å². The Morgan fingerprint density at radius 2 is 1.96 bits per heavy atom. The summed E-state index contributed by atoms with van der Waals surface area (Å²) in [7, 11) is 0. The summed E-state index contributed by atoms with van der Waals surface area (Å²) < 4.78 is 5.44. The fourth-order valence-corrected chi connectivity index (χ4v) is 3.51. The second-order valence-corrected chi connectivity index (χ2v) is 7.16. The van der Waals surface area contributed by atoms with Crippen LogP contribution in [0.4, 0.5) is 0 Å². The minimum Gasteiger partial charge on any atom is -0.445 e. The van der Waals surface area contributed by atoms with Crippen molar-refractivity contribution in [1.29, 1.82) is 0 Å². The topological polar surface area (TPSA) is 55.4 Å². The normalized spacial score (nSPS) is 20.4. The molecule has 1 aliphatic rings. The van der Waals surface area contributed by atoms with Gasteiger partial charge in [0.1, 0.15) is 0 Å². The number of nitrogens with one attached hydrogen (secondary N) is 1. The first-order valence-electron chi connectivity index (χ1n) is 7.87. The quantitative estimate of drug-likeness (QED) is 0.809. The molecule has 4 nitrogen and oxygen atoms in total. The molecule has 0 saturated heterocycles. The van der Waals surface area contributed by atoms with Gasteiger partial charge >= 0.3 is 5.97 Å². The lowest BCUT2D eigenvalue weighted by atomic mass is 9.89. The first kappa shape index (κ1) is 17.8. The summed E-state index contributed by atoms with van der Waals surface area (Å²) in [6.45, 7) is 3.43. The van der Waals surface area contributed by atoms with Gasteiger partial charge in [0.25, 0.3) is 5.91 Å². The highest BCUT2D eigenvalue weighted by Gasteiger charge is 2.43. The molecule has 0 radical (unpaired) electrons. The number of benzene rings is 2. The Kier molecular flexibility index (Phi) is 4.76. The molecule has 2 atom stereocenters. The Morgan fingerprint density at radius 3 is 2.68 bits per heavy atom. The summed E-state index contributed by atoms with van der Waals surface area (Å²) in [5.41, 5.74) is 0.777. The number of hydrogen-bond acceptors (Lipinski definition) is 3. The maximum absolute atomic E-state index is 12.8. The molecule has 2 unspecified atom stereocenters. The van der Waals surface area contributed by atoms with Crippen molar-refractivity contribution in [3.05, 3.63) is 69.2 Å². The van der Waals surface area contributed by atoms with Crippen LogP contribution in [0.5, 0.6) is 0 Å². The molecule has 1 N–H and O–H groups in total. The monoisotopic (exact) mass is 377 g/mol. The number of fused-ring (bicyclic) bond motifs is 1. The minimum atomic E-state index is -1.27. The zero-order valence-corrected chi connectivity index (χ0v) is 15.3. The van der Waals surface area contributed by atoms with Crippen molar-refractivity contribution in [3.63, 3.8) is 0 Å². The highest BCUT2D eigenvalue weighted by molar-refractivity contribution is 6.35. The van der Waals surface area contributed by atoms with E-state index in [1.165, 1.54) is 0 Å². The van der Waals surface area contributed by atoms with Crippen molar-refractivity contribution < 1.29 is 14.3 Å². The van der Waals surface area contributed by atoms with Crippen LogP contribution in [0.15, 0.2) is 42.5 Å². The van der Waals surface area contributed by atoms with Crippen molar-refractivity contribution in [2.75, 3.05) is 0 Å². The van der Waals surface area contributed by atoms with Gasteiger partial charge in [-0.1, -0.05) is 47.5 Å². The first-order valence-corrected chi connectivity index (χ1v) is 8.63. The number of amides is 1. The molecule has 3 rings (SSSR count). The summed E-state index contributed by atoms with van der Waals surface area (Å²) in [6, 6.07) is 11.9. The van der Waals surface area contributed by atoms with Gasteiger partial charge in [0, 0.05) is 16.5 Å². The van der Waals surface area contributed by atoms with E-state index >= 15 is 0 Å². The third-order valence-corrected chi connectivity index (χ3v) is 4.90. The highest BCUT2D eigenvalue weighted by atomic mass is 35.5. The molecule has 0 fully saturated rings. The number of carbonyl (C=O) groups is 2. The Hall–Kier alpha value is -2.04. The van der Waals surface area contributed by atoms with E-state index in [0.717, 1.165) is 11.1 Å². The van der Waals surface area contributed by atoms with Crippen LogP contribution in [0, 0.1) is 0 Å². The summed E-state index contributed by atoms with van der Waals surface area (Å²) in [5.74, 6) is -0.856. The zero-order chi connectivity index (χ0) is 18.2. The molecule has 0 aliphatic carbocycles. The predicted octanol–water partition coefficient (Wildman–Crippen LogP) is 4.34. The van der Waals surface area contributed by atoms with Gasteiger partial charge < -0.3 is 10.1 Å². The molecular formula is C19H17Cl2NO3. The van der Waals surface area contributed by atoms with E-state index < -0.39 is 11.6 Å². The van der Waals surface area contributed by atoms with Crippen LogP contribution in [-0.2, 0) is 16.0 Å². The van der Waals surface area contributed by atoms with Crippen LogP contribution in [0.1, 0.15) is 41.4 Å². The second-order valence-electron chi connectivity index (χ2n) is 6.32. The third kappa shape index (κ3) is 3.51. The number of ether oxygens (including phenoxy) is 1. The molecule has 130 valence electrons. The lowest BCUT2D eigenvalue weighted by Gasteiger charge is -2.34. The van der Waals surface area contributed by atoms with Gasteiger partial charge in [0.15, 0.2) is 5.60 Å². The molecule has 2 aromatic carbocycles. The highest BCUT2D eigenvalue weighted by Crippen LogP contribution is 2.30. The first-order chi connectivity index (χ1) is 11.8. The average molecular weight is 378 g/mol. The number of carbonyl (C=O) groups excluding carboxylic acids is 2. The number of esters is 1. The van der Waals surface area contributed by atoms with Gasteiger partial charge in [0.2, 0.25) is 0 Å². The maximum atomic E-state index is 12.8. The van der Waals surface area contributed by atoms with E-state index in [1.54, 1.807) is 37.3 Å². The Bertz CT molecular complexity index is 852. The fourth-order valence-electron chi connectivity index (χ4n) is 2.94. The number of halogens is 2. The van der Waals surface area contributed by atoms with Crippen molar-refractivity contribution in [2.45, 2.75) is 31.9 Å². The number of cyclic esters (lactones) is 1. The van der Waals surface area contributed by atoms with E-state index in [1.807, 2.05) is 19.1 Å². The van der Waals surface area contributed by atoms with Gasteiger partial charge in [-0.15, -0.1) is 0 Å². The molecule has 1 aliphatic heterocycles. The molecule has 1 heterocycles. The van der Waals surface area contributed by atoms with Gasteiger partial charge in [-0.25, -0.2) is 4.79 Å². The Morgan fingerprint density at radius 1 is 1.24 bits per heavy atom. The van der Waals surface area contributed by atoms with Gasteiger partial charge in [-0.05, 0) is 43.2 Å². The largest absolute Gasteiger partial charge is 0.445 e. The minimum absolute atomic E-state index is 0.321. The van der Waals surface area contributed by atoms with Crippen LogP contribution >= 0.6 is 23.2 Å². The number of hydrogen-bond donors (Lipinski definition) is 1. The Balaban J connectivity index is 1.80. The summed E-state index contributed by atoms with van der Waals surface area (Å²) in [5, 5.41) is 3.87. The lowest BCUT2D eigenvalue weighted by Crippen LogP contribution is -2.52. The predicted molar refractivity (Wildman–Crippen MR) is 97.0 cm³/mol. The van der Waals surface area contributed by atoms with Gasteiger partial charge in [-0.3, -0.25) is 4.79 Å². The van der Waals surface area contributed by atoms with Crippen molar-refractivity contribution in [1.82, 2.24) is 5.32 Å². The molecule has 1 amide bonds. The van der Waals surface area contributed by atoms with Crippen LogP contribution in [0.25, 0.3) is 0 Å². The number of rotatable bonds is 3. The molecule has 0 aromatic heterocycles. The smallest absolute Gasteiger partial charge is 0.339 e. The van der Waals surface area contributed by atoms with Crippen LogP contribution in [0.3, 0.4) is 0 Å². The molecule has 0 bridgehead atoms. The van der Waals surface area contributed by atoms with Gasteiger partial charge in [0.05, 0.1) is 11.6 Å². The van der Waals surface area contributed by atoms with E-state index in [4.69, 9.17) is 27.9 Å². The summed E-state index contributed by atoms with van der Waals surface area (Å²) >= 11 is 12.1. The molecular weight excluding hydrogens is 361 g/mol. The molecule has 6 heteroatoms. The van der Waals surface area contributed by atoms with E-state index in [-0.39, 0.29) is 11.9 Å². The maximum Gasteiger partial charge on any atom is 0.339 e. The molecule has 2 aromatic rings. The fraction of sp³-hybridized carbons (Fsp3) is 0.263. The molecule has 0 saturated carbocycles. The standard InChI is InChI=1S/C19H17Cl2NO3/c1-11(14-8-7-13(20)9-16(14)21)22-18(24)19(2)10-12-5-3-4-6-15(12)17(23)25-19/h3-9,11H,10H2,1-2H3,(H,22,24). The molecule has 0 spiro atoms. The van der Waals surface area contributed by atoms with E-state index in [9.17, 15) is 9.59 Å². The summed E-state index contributed by atoms with van der Waals surface area (Å²) in [6.07, 6.45) is 0.321. The van der Waals surface area contributed by atoms with Crippen molar-refractivity contribution >= 4 is 35.1 Å². The van der Waals surface area contributed by atoms with Crippen molar-refractivity contribution in [3.8, 4) is 0 Å². The van der Waals surface area contributed by atoms with Crippen LogP contribution in [-0.4, -0.2) is 17.5 Å². The van der Waals surface area contributed by atoms with Crippen LogP contribution in [0.2, 0.25) is 10.0 Å². The van der Waals surface area contributed by atoms with Gasteiger partial charge in [-0.2, -0.15) is 0 Å². The van der Waals surface area contributed by atoms with E-state index in [2.05, 4.69) is 5.32 Å². The molecule has 25 heavy (non-hydrogen) atoms. The van der Waals surface area contributed by atoms with E-state index in [0.29, 0.717) is 22.0 Å². The Labute approximate surface area is 156 Å². The van der Waals surface area contributed by atoms with Crippen LogP contribution < -0.4 is 5.32 Å². The summed E-state index contributed by atoms with van der Waals surface area (Å²) in [4.78, 5) is 25.0. The SMILES string of the molecule is CC(NC(=O)C1(C)Cc2ccccc2C(=O)O1)c1ccc(Cl)cc1Cl. The second kappa shape index (κ2) is 6.70.